The Morgan fingerprint density at radius 3 is 2.58 bits per heavy atom. The van der Waals surface area contributed by atoms with E-state index in [1.165, 1.54) is 18.4 Å². The van der Waals surface area contributed by atoms with E-state index in [1.807, 2.05) is 24.1 Å². The third-order valence-corrected chi connectivity index (χ3v) is 4.44. The van der Waals surface area contributed by atoms with Crippen molar-refractivity contribution in [2.75, 3.05) is 25.0 Å². The van der Waals surface area contributed by atoms with Crippen LogP contribution >= 0.6 is 0 Å². The Morgan fingerprint density at radius 1 is 1.21 bits per heavy atom. The third kappa shape index (κ3) is 2.10. The number of carbonyl (C=O) groups excluding carboxylic acids is 1. The van der Waals surface area contributed by atoms with Crippen LogP contribution in [0.25, 0.3) is 0 Å². The van der Waals surface area contributed by atoms with Crippen molar-refractivity contribution >= 4 is 11.7 Å². The molecule has 1 aliphatic carbocycles. The predicted octanol–water partition coefficient (Wildman–Crippen LogP) is 2.29. The molecule has 0 spiro atoms. The average molecular weight is 259 g/mol. The molecular formula is C15H21N3O. The number of hydrogen-bond acceptors (Lipinski definition) is 2. The standard InChI is InChI=1S/C15H21N3O/c1-17-9-10-18(14(17)19)13-6-4-5-12(11-13)15(16)7-2-3-8-15/h4-6,11H,2-3,7-10,16H2,1H3. The highest BCUT2D eigenvalue weighted by Gasteiger charge is 2.32. The molecule has 0 atom stereocenters. The normalized spacial score (nSPS) is 22.3. The Balaban J connectivity index is 1.90. The van der Waals surface area contributed by atoms with E-state index in [0.717, 1.165) is 31.6 Å². The summed E-state index contributed by atoms with van der Waals surface area (Å²) in [5.74, 6) is 0. The largest absolute Gasteiger partial charge is 0.326 e. The highest BCUT2D eigenvalue weighted by atomic mass is 16.2. The summed E-state index contributed by atoms with van der Waals surface area (Å²) in [7, 11) is 1.84. The molecule has 0 aromatic heterocycles. The summed E-state index contributed by atoms with van der Waals surface area (Å²) < 4.78 is 0. The molecule has 2 aliphatic rings. The SMILES string of the molecule is CN1CCN(c2cccc(C3(N)CCCC3)c2)C1=O. The Labute approximate surface area is 114 Å². The van der Waals surface area contributed by atoms with E-state index < -0.39 is 0 Å². The van der Waals surface area contributed by atoms with Gasteiger partial charge in [0, 0.05) is 31.4 Å². The minimum Gasteiger partial charge on any atom is -0.326 e. The quantitative estimate of drug-likeness (QED) is 0.886. The van der Waals surface area contributed by atoms with Gasteiger partial charge in [0.15, 0.2) is 0 Å². The zero-order chi connectivity index (χ0) is 13.5. The van der Waals surface area contributed by atoms with Gasteiger partial charge in [-0.15, -0.1) is 0 Å². The Hall–Kier alpha value is -1.55. The van der Waals surface area contributed by atoms with Gasteiger partial charge >= 0.3 is 6.03 Å². The van der Waals surface area contributed by atoms with Gasteiger partial charge in [-0.1, -0.05) is 25.0 Å². The summed E-state index contributed by atoms with van der Waals surface area (Å²) >= 11 is 0. The van der Waals surface area contributed by atoms with Crippen LogP contribution in [0.4, 0.5) is 10.5 Å². The number of likely N-dealkylation sites (N-methyl/N-ethyl adjacent to an activating group) is 1. The summed E-state index contributed by atoms with van der Waals surface area (Å²) in [5, 5.41) is 0. The van der Waals surface area contributed by atoms with Crippen molar-refractivity contribution in [1.82, 2.24) is 4.90 Å². The number of anilines is 1. The van der Waals surface area contributed by atoms with Gasteiger partial charge in [0.25, 0.3) is 0 Å². The second-order valence-corrected chi connectivity index (χ2v) is 5.77. The predicted molar refractivity (Wildman–Crippen MR) is 76.1 cm³/mol. The maximum atomic E-state index is 12.0. The van der Waals surface area contributed by atoms with Gasteiger partial charge in [-0.2, -0.15) is 0 Å². The molecule has 0 radical (unpaired) electrons. The third-order valence-electron chi connectivity index (χ3n) is 4.44. The number of nitrogens with two attached hydrogens (primary N) is 1. The second kappa shape index (κ2) is 4.53. The first-order valence-electron chi connectivity index (χ1n) is 7.02. The van der Waals surface area contributed by atoms with Crippen molar-refractivity contribution < 1.29 is 4.79 Å². The lowest BCUT2D eigenvalue weighted by atomic mass is 9.89. The smallest absolute Gasteiger partial charge is 0.324 e. The van der Waals surface area contributed by atoms with Crippen LogP contribution in [0.3, 0.4) is 0 Å². The molecule has 19 heavy (non-hydrogen) atoms. The monoisotopic (exact) mass is 259 g/mol. The molecule has 1 aromatic carbocycles. The molecule has 2 fully saturated rings. The molecule has 1 aliphatic heterocycles. The number of amides is 2. The number of hydrogen-bond donors (Lipinski definition) is 1. The van der Waals surface area contributed by atoms with E-state index in [9.17, 15) is 4.79 Å². The first-order valence-corrected chi connectivity index (χ1v) is 7.02. The summed E-state index contributed by atoms with van der Waals surface area (Å²) in [4.78, 5) is 15.6. The fourth-order valence-corrected chi connectivity index (χ4v) is 3.16. The zero-order valence-electron chi connectivity index (χ0n) is 11.4. The second-order valence-electron chi connectivity index (χ2n) is 5.77. The fourth-order valence-electron chi connectivity index (χ4n) is 3.16. The topological polar surface area (TPSA) is 49.6 Å². The summed E-state index contributed by atoms with van der Waals surface area (Å²) in [6.07, 6.45) is 4.49. The van der Waals surface area contributed by atoms with Crippen LogP contribution in [0.15, 0.2) is 24.3 Å². The van der Waals surface area contributed by atoms with Crippen molar-refractivity contribution in [3.05, 3.63) is 29.8 Å². The van der Waals surface area contributed by atoms with Crippen molar-refractivity contribution in [3.63, 3.8) is 0 Å². The van der Waals surface area contributed by atoms with Crippen LogP contribution in [0.1, 0.15) is 31.2 Å². The molecule has 0 unspecified atom stereocenters. The number of urea groups is 1. The molecule has 2 amide bonds. The van der Waals surface area contributed by atoms with E-state index in [2.05, 4.69) is 12.1 Å². The van der Waals surface area contributed by atoms with Gasteiger partial charge in [-0.05, 0) is 30.5 Å². The van der Waals surface area contributed by atoms with Crippen LogP contribution in [0, 0.1) is 0 Å². The Morgan fingerprint density at radius 2 is 1.95 bits per heavy atom. The molecule has 102 valence electrons. The van der Waals surface area contributed by atoms with E-state index >= 15 is 0 Å². The lowest BCUT2D eigenvalue weighted by Crippen LogP contribution is -2.34. The first-order chi connectivity index (χ1) is 9.10. The molecule has 4 heteroatoms. The van der Waals surface area contributed by atoms with Crippen molar-refractivity contribution in [1.29, 1.82) is 0 Å². The van der Waals surface area contributed by atoms with Crippen LogP contribution < -0.4 is 10.6 Å². The highest BCUT2D eigenvalue weighted by molar-refractivity contribution is 5.94. The van der Waals surface area contributed by atoms with Crippen LogP contribution in [-0.4, -0.2) is 31.1 Å². The molecule has 0 bridgehead atoms. The summed E-state index contributed by atoms with van der Waals surface area (Å²) in [6.45, 7) is 1.55. The molecule has 4 nitrogen and oxygen atoms in total. The number of rotatable bonds is 2. The molecule has 2 N–H and O–H groups in total. The summed E-state index contributed by atoms with van der Waals surface area (Å²) in [6, 6.07) is 8.29. The van der Waals surface area contributed by atoms with Gasteiger partial charge < -0.3 is 10.6 Å². The van der Waals surface area contributed by atoms with Gasteiger partial charge in [0.05, 0.1) is 0 Å². The average Bonchev–Trinajstić information content (AvgIpc) is 2.99. The molecule has 1 saturated carbocycles. The van der Waals surface area contributed by atoms with Crippen LogP contribution in [-0.2, 0) is 5.54 Å². The first kappa shape index (κ1) is 12.5. The maximum Gasteiger partial charge on any atom is 0.324 e. The van der Waals surface area contributed by atoms with E-state index in [4.69, 9.17) is 5.73 Å². The lowest BCUT2D eigenvalue weighted by molar-refractivity contribution is 0.229. The Kier molecular flexibility index (Phi) is 2.97. The van der Waals surface area contributed by atoms with Crippen molar-refractivity contribution in [2.24, 2.45) is 5.73 Å². The van der Waals surface area contributed by atoms with Crippen molar-refractivity contribution in [3.8, 4) is 0 Å². The fraction of sp³-hybridized carbons (Fsp3) is 0.533. The number of benzene rings is 1. The van der Waals surface area contributed by atoms with Gasteiger partial charge in [-0.3, -0.25) is 4.90 Å². The number of nitrogens with zero attached hydrogens (tertiary/aromatic N) is 2. The Bertz CT molecular complexity index is 494. The minimum absolute atomic E-state index is 0.0784. The lowest BCUT2D eigenvalue weighted by Gasteiger charge is -2.26. The van der Waals surface area contributed by atoms with Gasteiger partial charge in [-0.25, -0.2) is 4.79 Å². The highest BCUT2D eigenvalue weighted by Crippen LogP contribution is 2.37. The van der Waals surface area contributed by atoms with Gasteiger partial charge in [0.2, 0.25) is 0 Å². The molecular weight excluding hydrogens is 238 g/mol. The molecule has 3 rings (SSSR count). The van der Waals surface area contributed by atoms with E-state index in [-0.39, 0.29) is 11.6 Å². The zero-order valence-corrected chi connectivity index (χ0v) is 11.4. The van der Waals surface area contributed by atoms with Gasteiger partial charge in [0.1, 0.15) is 0 Å². The molecule has 1 aromatic rings. The van der Waals surface area contributed by atoms with Crippen molar-refractivity contribution in [2.45, 2.75) is 31.2 Å². The van der Waals surface area contributed by atoms with Crippen LogP contribution in [0.5, 0.6) is 0 Å². The van der Waals surface area contributed by atoms with E-state index in [1.54, 1.807) is 4.90 Å². The maximum absolute atomic E-state index is 12.0. The van der Waals surface area contributed by atoms with Crippen LogP contribution in [0.2, 0.25) is 0 Å². The summed E-state index contributed by atoms with van der Waals surface area (Å²) in [5.41, 5.74) is 8.45. The number of carbonyl (C=O) groups is 1. The van der Waals surface area contributed by atoms with E-state index in [0.29, 0.717) is 0 Å². The molecule has 1 heterocycles. The molecule has 1 saturated heterocycles. The minimum atomic E-state index is -0.190.